The minimum absolute atomic E-state index is 0.0264. The molecule has 1 aromatic carbocycles. The van der Waals surface area contributed by atoms with Crippen molar-refractivity contribution >= 4 is 10.8 Å². The van der Waals surface area contributed by atoms with Crippen LogP contribution in [-0.2, 0) is 10.8 Å². The fourth-order valence-electron chi connectivity index (χ4n) is 1.65. The van der Waals surface area contributed by atoms with Gasteiger partial charge >= 0.3 is 0 Å². The minimum atomic E-state index is -1.53. The molecule has 5 heteroatoms. The Kier molecular flexibility index (Phi) is 5.88. The highest BCUT2D eigenvalue weighted by Crippen LogP contribution is 2.16. The predicted molar refractivity (Wildman–Crippen MR) is 69.9 cm³/mol. The van der Waals surface area contributed by atoms with E-state index in [2.05, 4.69) is 5.32 Å². The molecule has 18 heavy (non-hydrogen) atoms. The van der Waals surface area contributed by atoms with Gasteiger partial charge in [-0.25, -0.2) is 8.78 Å². The van der Waals surface area contributed by atoms with E-state index >= 15 is 0 Å². The molecule has 1 rings (SSSR count). The van der Waals surface area contributed by atoms with Crippen LogP contribution < -0.4 is 5.32 Å². The van der Waals surface area contributed by atoms with E-state index in [-0.39, 0.29) is 22.6 Å². The van der Waals surface area contributed by atoms with Crippen molar-refractivity contribution in [1.82, 2.24) is 5.32 Å². The number of hydrogen-bond donors (Lipinski definition) is 1. The summed E-state index contributed by atoms with van der Waals surface area (Å²) in [6.45, 7) is 6.73. The Morgan fingerprint density at radius 3 is 2.56 bits per heavy atom. The Morgan fingerprint density at radius 1 is 1.33 bits per heavy atom. The molecule has 0 saturated carbocycles. The number of hydrogen-bond acceptors (Lipinski definition) is 2. The van der Waals surface area contributed by atoms with Crippen molar-refractivity contribution in [1.29, 1.82) is 0 Å². The Labute approximate surface area is 109 Å². The molecule has 0 saturated heterocycles. The van der Waals surface area contributed by atoms with Crippen molar-refractivity contribution in [2.45, 2.75) is 31.7 Å². The Balaban J connectivity index is 2.83. The zero-order valence-electron chi connectivity index (χ0n) is 10.9. The van der Waals surface area contributed by atoms with Crippen LogP contribution in [0.1, 0.15) is 20.8 Å². The maximum absolute atomic E-state index is 13.5. The zero-order chi connectivity index (χ0) is 13.7. The van der Waals surface area contributed by atoms with Crippen molar-refractivity contribution in [2.24, 2.45) is 5.92 Å². The molecular weight excluding hydrogens is 256 g/mol. The van der Waals surface area contributed by atoms with Crippen molar-refractivity contribution in [3.05, 3.63) is 29.8 Å². The van der Waals surface area contributed by atoms with Crippen molar-refractivity contribution < 1.29 is 13.0 Å². The first-order valence-corrected chi connectivity index (χ1v) is 7.34. The van der Waals surface area contributed by atoms with Crippen LogP contribution in [0, 0.1) is 17.6 Å². The van der Waals surface area contributed by atoms with Gasteiger partial charge in [-0.15, -0.1) is 0 Å². The second-order valence-corrected chi connectivity index (χ2v) is 5.96. The molecule has 2 unspecified atom stereocenters. The molecule has 2 atom stereocenters. The van der Waals surface area contributed by atoms with E-state index in [0.29, 0.717) is 0 Å². The van der Waals surface area contributed by atoms with Crippen LogP contribution in [0.15, 0.2) is 23.1 Å². The lowest BCUT2D eigenvalue weighted by atomic mass is 10.1. The second-order valence-electron chi connectivity index (χ2n) is 4.50. The van der Waals surface area contributed by atoms with E-state index in [1.165, 1.54) is 0 Å². The summed E-state index contributed by atoms with van der Waals surface area (Å²) in [7, 11) is -1.53. The average Bonchev–Trinajstić information content (AvgIpc) is 2.31. The molecule has 2 nitrogen and oxygen atoms in total. The lowest BCUT2D eigenvalue weighted by molar-refractivity contribution is 0.440. The van der Waals surface area contributed by atoms with Gasteiger partial charge in [-0.3, -0.25) is 4.21 Å². The number of benzene rings is 1. The van der Waals surface area contributed by atoms with Gasteiger partial charge in [0.15, 0.2) is 0 Å². The summed E-state index contributed by atoms with van der Waals surface area (Å²) in [6.07, 6.45) is 0. The summed E-state index contributed by atoms with van der Waals surface area (Å²) in [5.74, 6) is -0.616. The normalized spacial score (nSPS) is 14.8. The predicted octanol–water partition coefficient (Wildman–Crippen LogP) is 2.71. The topological polar surface area (TPSA) is 29.1 Å². The van der Waals surface area contributed by atoms with Gasteiger partial charge in [0.05, 0.1) is 15.7 Å². The van der Waals surface area contributed by atoms with E-state index in [1.807, 2.05) is 20.8 Å². The summed E-state index contributed by atoms with van der Waals surface area (Å²) in [6, 6.07) is 3.08. The third-order valence-corrected chi connectivity index (χ3v) is 4.21. The van der Waals surface area contributed by atoms with Crippen LogP contribution in [0.3, 0.4) is 0 Å². The summed E-state index contributed by atoms with van der Waals surface area (Å²) in [5, 5.41) is 3.21. The van der Waals surface area contributed by atoms with Crippen LogP contribution in [0.4, 0.5) is 8.78 Å². The van der Waals surface area contributed by atoms with Gasteiger partial charge < -0.3 is 5.32 Å². The van der Waals surface area contributed by atoms with Crippen LogP contribution in [0.25, 0.3) is 0 Å². The molecule has 0 aliphatic carbocycles. The van der Waals surface area contributed by atoms with Gasteiger partial charge in [0.25, 0.3) is 0 Å². The zero-order valence-corrected chi connectivity index (χ0v) is 11.7. The first kappa shape index (κ1) is 15.2. The molecule has 0 aliphatic heterocycles. The van der Waals surface area contributed by atoms with Crippen molar-refractivity contribution in [2.75, 3.05) is 12.3 Å². The highest BCUT2D eigenvalue weighted by molar-refractivity contribution is 7.85. The molecule has 0 heterocycles. The molecule has 0 spiro atoms. The van der Waals surface area contributed by atoms with Crippen molar-refractivity contribution in [3.8, 4) is 0 Å². The molecule has 1 aromatic rings. The van der Waals surface area contributed by atoms with Crippen LogP contribution in [0.2, 0.25) is 0 Å². The van der Waals surface area contributed by atoms with Gasteiger partial charge in [0, 0.05) is 11.8 Å². The molecule has 0 radical (unpaired) electrons. The lowest BCUT2D eigenvalue weighted by Gasteiger charge is -2.21. The van der Waals surface area contributed by atoms with E-state index in [0.717, 1.165) is 24.7 Å². The maximum atomic E-state index is 13.5. The standard InChI is InChI=1S/C13H19F2NOS/c1-4-16-12(9(2)3)8-18(17)13-7-10(14)5-6-11(13)15/h5-7,9,12,16H,4,8H2,1-3H3. The molecule has 102 valence electrons. The van der Waals surface area contributed by atoms with Gasteiger partial charge in [0.2, 0.25) is 0 Å². The second kappa shape index (κ2) is 6.95. The Hall–Kier alpha value is -0.810. The molecule has 0 fully saturated rings. The first-order valence-electron chi connectivity index (χ1n) is 6.02. The SMILES string of the molecule is CCNC(CS(=O)c1cc(F)ccc1F)C(C)C. The van der Waals surface area contributed by atoms with E-state index < -0.39 is 22.4 Å². The minimum Gasteiger partial charge on any atom is -0.313 e. The summed E-state index contributed by atoms with van der Waals surface area (Å²) in [4.78, 5) is -0.0569. The molecule has 1 N–H and O–H groups in total. The number of rotatable bonds is 6. The van der Waals surface area contributed by atoms with E-state index in [1.54, 1.807) is 0 Å². The Bertz CT molecular complexity index is 423. The smallest absolute Gasteiger partial charge is 0.139 e. The highest BCUT2D eigenvalue weighted by atomic mass is 32.2. The van der Waals surface area contributed by atoms with E-state index in [4.69, 9.17) is 0 Å². The van der Waals surface area contributed by atoms with E-state index in [9.17, 15) is 13.0 Å². The average molecular weight is 275 g/mol. The Morgan fingerprint density at radius 2 is 2.00 bits per heavy atom. The van der Waals surface area contributed by atoms with Crippen LogP contribution in [0.5, 0.6) is 0 Å². The monoisotopic (exact) mass is 275 g/mol. The molecule has 0 amide bonds. The molecular formula is C13H19F2NOS. The van der Waals surface area contributed by atoms with Crippen LogP contribution >= 0.6 is 0 Å². The number of halogens is 2. The fourth-order valence-corrected chi connectivity index (χ4v) is 3.19. The third-order valence-electron chi connectivity index (χ3n) is 2.74. The maximum Gasteiger partial charge on any atom is 0.139 e. The molecule has 0 aliphatic rings. The van der Waals surface area contributed by atoms with Gasteiger partial charge in [-0.2, -0.15) is 0 Å². The van der Waals surface area contributed by atoms with Gasteiger partial charge in [0.1, 0.15) is 11.6 Å². The molecule has 0 bridgehead atoms. The molecule has 0 aromatic heterocycles. The third kappa shape index (κ3) is 4.14. The van der Waals surface area contributed by atoms with Crippen LogP contribution in [-0.4, -0.2) is 22.5 Å². The highest BCUT2D eigenvalue weighted by Gasteiger charge is 2.19. The van der Waals surface area contributed by atoms with Crippen molar-refractivity contribution in [3.63, 3.8) is 0 Å². The lowest BCUT2D eigenvalue weighted by Crippen LogP contribution is -2.38. The fraction of sp³-hybridized carbons (Fsp3) is 0.538. The summed E-state index contributed by atoms with van der Waals surface area (Å²) >= 11 is 0. The number of nitrogens with one attached hydrogen (secondary N) is 1. The summed E-state index contributed by atoms with van der Waals surface area (Å²) < 4.78 is 38.6. The summed E-state index contributed by atoms with van der Waals surface area (Å²) in [5.41, 5.74) is 0. The van der Waals surface area contributed by atoms with Gasteiger partial charge in [-0.05, 0) is 30.7 Å². The largest absolute Gasteiger partial charge is 0.313 e. The van der Waals surface area contributed by atoms with Gasteiger partial charge in [-0.1, -0.05) is 20.8 Å². The quantitative estimate of drug-likeness (QED) is 0.865. The first-order chi connectivity index (χ1) is 8.45.